The van der Waals surface area contributed by atoms with E-state index >= 15 is 0 Å². The number of aromatic nitrogens is 2. The molecule has 0 unspecified atom stereocenters. The summed E-state index contributed by atoms with van der Waals surface area (Å²) in [6.07, 6.45) is 10.8. The van der Waals surface area contributed by atoms with Crippen LogP contribution in [0.1, 0.15) is 43.7 Å². The monoisotopic (exact) mass is 314 g/mol. The van der Waals surface area contributed by atoms with E-state index in [1.807, 2.05) is 4.90 Å². The Hall–Kier alpha value is -1.62. The Morgan fingerprint density at radius 3 is 2.74 bits per heavy atom. The summed E-state index contributed by atoms with van der Waals surface area (Å²) in [5.41, 5.74) is 0.925. The van der Waals surface area contributed by atoms with Gasteiger partial charge in [-0.2, -0.15) is 0 Å². The first kappa shape index (κ1) is 14.9. The average molecular weight is 314 g/mol. The number of carbonyl (C=O) groups excluding carboxylic acids is 1. The Kier molecular flexibility index (Phi) is 3.97. The van der Waals surface area contributed by atoms with Crippen molar-refractivity contribution >= 4 is 5.91 Å². The van der Waals surface area contributed by atoms with Gasteiger partial charge in [-0.25, -0.2) is 4.98 Å². The third kappa shape index (κ3) is 2.94. The molecule has 0 radical (unpaired) electrons. The summed E-state index contributed by atoms with van der Waals surface area (Å²) in [5.74, 6) is 2.21. The SMILES string of the molecule is C[C@H]1c2nc(CC(=O)N3CC=CC3)cn2CCN1CC1CCC1. The second kappa shape index (κ2) is 6.11. The highest BCUT2D eigenvalue weighted by Gasteiger charge is 2.30. The maximum atomic E-state index is 12.3. The highest BCUT2D eigenvalue weighted by atomic mass is 16.2. The molecular formula is C18H26N4O. The maximum Gasteiger partial charge on any atom is 0.229 e. The van der Waals surface area contributed by atoms with Gasteiger partial charge in [0.1, 0.15) is 5.82 Å². The zero-order chi connectivity index (χ0) is 15.8. The zero-order valence-electron chi connectivity index (χ0n) is 13.9. The Morgan fingerprint density at radius 1 is 1.26 bits per heavy atom. The van der Waals surface area contributed by atoms with Crippen LogP contribution >= 0.6 is 0 Å². The standard InChI is InChI=1S/C18H26N4O/c1-14-18-19-16(11-17(23)20-7-2-3-8-20)13-22(18)10-9-21(14)12-15-5-4-6-15/h2-3,13-15H,4-12H2,1H3/t14-/m0/s1. The van der Waals surface area contributed by atoms with Crippen molar-refractivity contribution in [3.63, 3.8) is 0 Å². The summed E-state index contributed by atoms with van der Waals surface area (Å²) >= 11 is 0. The molecule has 1 amide bonds. The van der Waals surface area contributed by atoms with Gasteiger partial charge in [0.25, 0.3) is 0 Å². The predicted molar refractivity (Wildman–Crippen MR) is 89.0 cm³/mol. The van der Waals surface area contributed by atoms with Gasteiger partial charge in [0.2, 0.25) is 5.91 Å². The Labute approximate surface area is 138 Å². The molecule has 124 valence electrons. The molecule has 1 aliphatic carbocycles. The molecule has 1 saturated carbocycles. The number of nitrogens with zero attached hydrogens (tertiary/aromatic N) is 4. The van der Waals surface area contributed by atoms with Gasteiger partial charge in [-0.1, -0.05) is 18.6 Å². The lowest BCUT2D eigenvalue weighted by Crippen LogP contribution is -2.41. The molecule has 0 N–H and O–H groups in total. The van der Waals surface area contributed by atoms with Crippen LogP contribution in [-0.2, 0) is 17.8 Å². The van der Waals surface area contributed by atoms with Crippen molar-refractivity contribution in [2.75, 3.05) is 26.2 Å². The number of amides is 1. The maximum absolute atomic E-state index is 12.3. The van der Waals surface area contributed by atoms with Crippen LogP contribution in [0.4, 0.5) is 0 Å². The summed E-state index contributed by atoms with van der Waals surface area (Å²) in [4.78, 5) is 21.5. The number of hydrogen-bond acceptors (Lipinski definition) is 3. The van der Waals surface area contributed by atoms with Gasteiger partial charge in [-0.15, -0.1) is 0 Å². The van der Waals surface area contributed by atoms with E-state index in [1.165, 1.54) is 25.8 Å². The van der Waals surface area contributed by atoms with Crippen molar-refractivity contribution in [1.82, 2.24) is 19.4 Å². The van der Waals surface area contributed by atoms with Crippen molar-refractivity contribution in [2.45, 2.75) is 45.2 Å². The van der Waals surface area contributed by atoms with Crippen LogP contribution < -0.4 is 0 Å². The number of hydrogen-bond donors (Lipinski definition) is 0. The van der Waals surface area contributed by atoms with Crippen LogP contribution in [0, 0.1) is 5.92 Å². The molecule has 1 aromatic rings. The molecule has 0 spiro atoms. The normalized spacial score (nSPS) is 24.7. The second-order valence-electron chi connectivity index (χ2n) is 7.20. The summed E-state index contributed by atoms with van der Waals surface area (Å²) in [6.45, 7) is 7.06. The van der Waals surface area contributed by atoms with E-state index in [0.29, 0.717) is 12.5 Å². The van der Waals surface area contributed by atoms with E-state index in [0.717, 1.165) is 43.6 Å². The Balaban J connectivity index is 1.42. The lowest BCUT2D eigenvalue weighted by atomic mass is 9.84. The molecule has 4 rings (SSSR count). The zero-order valence-corrected chi connectivity index (χ0v) is 13.9. The van der Waals surface area contributed by atoms with Gasteiger partial charge in [0, 0.05) is 38.9 Å². The first-order valence-corrected chi connectivity index (χ1v) is 8.93. The fourth-order valence-electron chi connectivity index (χ4n) is 3.88. The van der Waals surface area contributed by atoms with Crippen LogP contribution in [0.15, 0.2) is 18.3 Å². The van der Waals surface area contributed by atoms with E-state index in [4.69, 9.17) is 4.98 Å². The number of carbonyl (C=O) groups is 1. The third-order valence-electron chi connectivity index (χ3n) is 5.63. The van der Waals surface area contributed by atoms with E-state index in [2.05, 4.69) is 34.7 Å². The van der Waals surface area contributed by atoms with Gasteiger partial charge in [0.15, 0.2) is 0 Å². The molecule has 5 nitrogen and oxygen atoms in total. The summed E-state index contributed by atoms with van der Waals surface area (Å²) in [6, 6.07) is 0.363. The Bertz CT molecular complexity index is 609. The predicted octanol–water partition coefficient (Wildman–Crippen LogP) is 2.00. The lowest BCUT2D eigenvalue weighted by molar-refractivity contribution is -0.129. The number of fused-ring (bicyclic) bond motifs is 1. The van der Waals surface area contributed by atoms with Crippen molar-refractivity contribution in [1.29, 1.82) is 0 Å². The van der Waals surface area contributed by atoms with E-state index in [1.54, 1.807) is 0 Å². The van der Waals surface area contributed by atoms with Crippen molar-refractivity contribution < 1.29 is 4.79 Å². The van der Waals surface area contributed by atoms with Gasteiger partial charge in [0.05, 0.1) is 18.2 Å². The second-order valence-corrected chi connectivity index (χ2v) is 7.20. The van der Waals surface area contributed by atoms with Gasteiger partial charge >= 0.3 is 0 Å². The van der Waals surface area contributed by atoms with Crippen LogP contribution in [0.25, 0.3) is 0 Å². The fraction of sp³-hybridized carbons (Fsp3) is 0.667. The smallest absolute Gasteiger partial charge is 0.229 e. The molecule has 3 heterocycles. The minimum Gasteiger partial charge on any atom is -0.335 e. The first-order chi connectivity index (χ1) is 11.2. The largest absolute Gasteiger partial charge is 0.335 e. The van der Waals surface area contributed by atoms with Crippen molar-refractivity contribution in [3.05, 3.63) is 29.9 Å². The highest BCUT2D eigenvalue weighted by Crippen LogP contribution is 2.32. The molecule has 1 aromatic heterocycles. The molecule has 3 aliphatic rings. The van der Waals surface area contributed by atoms with Gasteiger partial charge in [-0.3, -0.25) is 9.69 Å². The van der Waals surface area contributed by atoms with E-state index < -0.39 is 0 Å². The van der Waals surface area contributed by atoms with Crippen LogP contribution in [-0.4, -0.2) is 51.4 Å². The Morgan fingerprint density at radius 2 is 2.04 bits per heavy atom. The first-order valence-electron chi connectivity index (χ1n) is 8.93. The van der Waals surface area contributed by atoms with Crippen molar-refractivity contribution in [2.24, 2.45) is 5.92 Å². The van der Waals surface area contributed by atoms with Crippen LogP contribution in [0.2, 0.25) is 0 Å². The quantitative estimate of drug-likeness (QED) is 0.798. The average Bonchev–Trinajstić information content (AvgIpc) is 3.13. The van der Waals surface area contributed by atoms with Crippen LogP contribution in [0.3, 0.4) is 0 Å². The summed E-state index contributed by atoms with van der Waals surface area (Å²) in [7, 11) is 0. The minimum atomic E-state index is 0.185. The van der Waals surface area contributed by atoms with E-state index in [-0.39, 0.29) is 5.91 Å². The minimum absolute atomic E-state index is 0.185. The number of imidazole rings is 1. The van der Waals surface area contributed by atoms with E-state index in [9.17, 15) is 4.79 Å². The molecule has 1 atom stereocenters. The number of rotatable bonds is 4. The topological polar surface area (TPSA) is 41.4 Å². The molecule has 1 fully saturated rings. The van der Waals surface area contributed by atoms with Crippen molar-refractivity contribution in [3.8, 4) is 0 Å². The molecule has 0 bridgehead atoms. The fourth-order valence-corrected chi connectivity index (χ4v) is 3.88. The summed E-state index contributed by atoms with van der Waals surface area (Å²) in [5, 5.41) is 0. The molecule has 0 aromatic carbocycles. The molecule has 23 heavy (non-hydrogen) atoms. The van der Waals surface area contributed by atoms with Crippen LogP contribution in [0.5, 0.6) is 0 Å². The third-order valence-corrected chi connectivity index (χ3v) is 5.63. The highest BCUT2D eigenvalue weighted by molar-refractivity contribution is 5.79. The van der Waals surface area contributed by atoms with Gasteiger partial charge < -0.3 is 9.47 Å². The molecular weight excluding hydrogens is 288 g/mol. The molecule has 2 aliphatic heterocycles. The molecule has 0 saturated heterocycles. The lowest BCUT2D eigenvalue weighted by Gasteiger charge is -2.38. The summed E-state index contributed by atoms with van der Waals surface area (Å²) < 4.78 is 2.26. The molecule has 5 heteroatoms. The van der Waals surface area contributed by atoms with Gasteiger partial charge in [-0.05, 0) is 25.7 Å².